The maximum atomic E-state index is 12.8. The molecule has 37 heavy (non-hydrogen) atoms. The Bertz CT molecular complexity index is 1200. The second-order valence-electron chi connectivity index (χ2n) is 9.93. The first-order chi connectivity index (χ1) is 18.1. The summed E-state index contributed by atoms with van der Waals surface area (Å²) in [6.45, 7) is 2.58. The Morgan fingerprint density at radius 2 is 2.16 bits per heavy atom. The molecule has 2 aromatic heterocycles. The first kappa shape index (κ1) is 25.2. The number of benzene rings is 1. The molecule has 0 spiro atoms. The molecule has 0 unspecified atom stereocenters. The molecule has 3 aromatic rings. The second-order valence-corrected chi connectivity index (χ2v) is 9.93. The molecule has 1 aliphatic carbocycles. The second kappa shape index (κ2) is 11.7. The van der Waals surface area contributed by atoms with E-state index in [9.17, 15) is 9.90 Å². The van der Waals surface area contributed by atoms with Gasteiger partial charge in [-0.2, -0.15) is 0 Å². The summed E-state index contributed by atoms with van der Waals surface area (Å²) in [5.74, 6) is 2.35. The number of hydrogen-bond donors (Lipinski definition) is 2. The van der Waals surface area contributed by atoms with Gasteiger partial charge in [-0.05, 0) is 48.1 Å². The number of rotatable bonds is 11. The molecule has 1 aromatic carbocycles. The quantitative estimate of drug-likeness (QED) is 0.408. The van der Waals surface area contributed by atoms with Crippen LogP contribution in [0.3, 0.4) is 0 Å². The fraction of sp³-hybridized carbons (Fsp3) is 0.464. The SMILES string of the molecule is COc1cc(C(=O)NC[C@H](O)CN2CCc3cc(OCc4cnco4)ccc3C2)cc(CC2CCC2)n1. The number of nitrogens with one attached hydrogen (secondary N) is 1. The Hall–Kier alpha value is -3.43. The molecule has 2 N–H and O–H groups in total. The summed E-state index contributed by atoms with van der Waals surface area (Å²) >= 11 is 0. The van der Waals surface area contributed by atoms with Crippen LogP contribution in [-0.2, 0) is 26.0 Å². The Balaban J connectivity index is 1.10. The van der Waals surface area contributed by atoms with Gasteiger partial charge in [0.05, 0.1) is 19.4 Å². The van der Waals surface area contributed by atoms with Gasteiger partial charge in [0, 0.05) is 43.5 Å². The lowest BCUT2D eigenvalue weighted by Crippen LogP contribution is -2.42. The summed E-state index contributed by atoms with van der Waals surface area (Å²) in [5, 5.41) is 13.5. The molecule has 1 fully saturated rings. The van der Waals surface area contributed by atoms with Crippen LogP contribution in [0.5, 0.6) is 11.6 Å². The summed E-state index contributed by atoms with van der Waals surface area (Å²) in [7, 11) is 1.56. The molecule has 1 aliphatic heterocycles. The zero-order valence-electron chi connectivity index (χ0n) is 21.2. The number of oxazole rings is 1. The van der Waals surface area contributed by atoms with Crippen LogP contribution in [0.2, 0.25) is 0 Å². The maximum Gasteiger partial charge on any atom is 0.251 e. The number of fused-ring (bicyclic) bond motifs is 1. The average Bonchev–Trinajstić information content (AvgIpc) is 3.41. The molecule has 2 aliphatic rings. The van der Waals surface area contributed by atoms with Gasteiger partial charge in [0.15, 0.2) is 12.2 Å². The summed E-state index contributed by atoms with van der Waals surface area (Å²) < 4.78 is 16.3. The van der Waals surface area contributed by atoms with Crippen molar-refractivity contribution in [2.45, 2.75) is 51.4 Å². The topological polar surface area (TPSA) is 110 Å². The van der Waals surface area contributed by atoms with Gasteiger partial charge in [-0.15, -0.1) is 0 Å². The zero-order valence-corrected chi connectivity index (χ0v) is 21.2. The predicted molar refractivity (Wildman–Crippen MR) is 136 cm³/mol. The van der Waals surface area contributed by atoms with Crippen LogP contribution in [0, 0.1) is 5.92 Å². The van der Waals surface area contributed by atoms with E-state index >= 15 is 0 Å². The smallest absolute Gasteiger partial charge is 0.251 e. The van der Waals surface area contributed by atoms with E-state index in [-0.39, 0.29) is 12.5 Å². The molecular formula is C28H34N4O5. The van der Waals surface area contributed by atoms with Gasteiger partial charge < -0.3 is 24.3 Å². The van der Waals surface area contributed by atoms with Crippen LogP contribution >= 0.6 is 0 Å². The van der Waals surface area contributed by atoms with Crippen molar-refractivity contribution in [3.05, 3.63) is 71.1 Å². The third-order valence-electron chi connectivity index (χ3n) is 7.15. The number of aliphatic hydroxyl groups excluding tert-OH is 1. The first-order valence-electron chi connectivity index (χ1n) is 12.9. The fourth-order valence-electron chi connectivity index (χ4n) is 4.87. The predicted octanol–water partition coefficient (Wildman–Crippen LogP) is 3.15. The van der Waals surface area contributed by atoms with E-state index in [1.807, 2.05) is 12.1 Å². The number of carbonyl (C=O) groups is 1. The molecule has 0 radical (unpaired) electrons. The number of ether oxygens (including phenoxy) is 2. The number of aliphatic hydroxyl groups is 1. The van der Waals surface area contributed by atoms with Crippen LogP contribution in [0.25, 0.3) is 0 Å². The largest absolute Gasteiger partial charge is 0.486 e. The number of pyridine rings is 1. The van der Waals surface area contributed by atoms with Gasteiger partial charge in [0.25, 0.3) is 5.91 Å². The monoisotopic (exact) mass is 506 g/mol. The highest BCUT2D eigenvalue weighted by molar-refractivity contribution is 5.94. The molecular weight excluding hydrogens is 472 g/mol. The third kappa shape index (κ3) is 6.67. The molecule has 3 heterocycles. The molecule has 0 saturated heterocycles. The van der Waals surface area contributed by atoms with Crippen molar-refractivity contribution in [1.82, 2.24) is 20.2 Å². The number of amides is 1. The lowest BCUT2D eigenvalue weighted by molar-refractivity contribution is 0.0841. The number of carbonyl (C=O) groups excluding carboxylic acids is 1. The van der Waals surface area contributed by atoms with E-state index in [4.69, 9.17) is 13.9 Å². The van der Waals surface area contributed by atoms with Crippen molar-refractivity contribution in [3.63, 3.8) is 0 Å². The van der Waals surface area contributed by atoms with Crippen molar-refractivity contribution >= 4 is 5.91 Å². The minimum Gasteiger partial charge on any atom is -0.486 e. The van der Waals surface area contributed by atoms with E-state index in [0.717, 1.165) is 37.4 Å². The van der Waals surface area contributed by atoms with Gasteiger partial charge in [0.1, 0.15) is 12.4 Å². The van der Waals surface area contributed by atoms with E-state index < -0.39 is 6.10 Å². The highest BCUT2D eigenvalue weighted by atomic mass is 16.5. The molecule has 5 rings (SSSR count). The summed E-state index contributed by atoms with van der Waals surface area (Å²) in [4.78, 5) is 23.4. The lowest BCUT2D eigenvalue weighted by atomic mass is 9.82. The Morgan fingerprint density at radius 3 is 2.92 bits per heavy atom. The molecule has 9 nitrogen and oxygen atoms in total. The highest BCUT2D eigenvalue weighted by Crippen LogP contribution is 2.30. The van der Waals surface area contributed by atoms with Crippen LogP contribution in [-0.4, -0.2) is 58.7 Å². The third-order valence-corrected chi connectivity index (χ3v) is 7.15. The minimum atomic E-state index is -0.673. The number of methoxy groups -OCH3 is 1. The fourth-order valence-corrected chi connectivity index (χ4v) is 4.87. The summed E-state index contributed by atoms with van der Waals surface area (Å²) in [6.07, 6.45) is 7.79. The molecule has 9 heteroatoms. The number of aromatic nitrogens is 2. The van der Waals surface area contributed by atoms with Crippen LogP contribution < -0.4 is 14.8 Å². The molecule has 1 amide bonds. The van der Waals surface area contributed by atoms with Crippen molar-refractivity contribution in [1.29, 1.82) is 0 Å². The summed E-state index contributed by atoms with van der Waals surface area (Å²) in [5.41, 5.74) is 3.87. The van der Waals surface area contributed by atoms with E-state index in [2.05, 4.69) is 32.3 Å². The van der Waals surface area contributed by atoms with Gasteiger partial charge >= 0.3 is 0 Å². The Morgan fingerprint density at radius 1 is 1.27 bits per heavy atom. The van der Waals surface area contributed by atoms with E-state index in [1.165, 1.54) is 36.8 Å². The van der Waals surface area contributed by atoms with Gasteiger partial charge in [-0.1, -0.05) is 25.3 Å². The Labute approximate surface area is 216 Å². The van der Waals surface area contributed by atoms with Crippen LogP contribution in [0.4, 0.5) is 0 Å². The number of β-amino-alcohol motifs (C(OH)–C–C–N with tert-alkyl or cyclic N) is 1. The maximum absolute atomic E-state index is 12.8. The van der Waals surface area contributed by atoms with Crippen molar-refractivity contribution in [3.8, 4) is 11.6 Å². The number of nitrogens with zero attached hydrogens (tertiary/aromatic N) is 3. The van der Waals surface area contributed by atoms with Gasteiger partial charge in [-0.25, -0.2) is 9.97 Å². The Kier molecular flexibility index (Phi) is 8.01. The van der Waals surface area contributed by atoms with Crippen molar-refractivity contribution in [2.75, 3.05) is 26.7 Å². The lowest BCUT2D eigenvalue weighted by Gasteiger charge is -2.30. The minimum absolute atomic E-state index is 0.180. The van der Waals surface area contributed by atoms with E-state index in [0.29, 0.717) is 36.3 Å². The normalized spacial score (nSPS) is 16.5. The molecule has 196 valence electrons. The average molecular weight is 507 g/mol. The molecule has 0 bridgehead atoms. The molecule has 1 saturated carbocycles. The van der Waals surface area contributed by atoms with Crippen molar-refractivity contribution in [2.24, 2.45) is 5.92 Å². The zero-order chi connectivity index (χ0) is 25.6. The summed E-state index contributed by atoms with van der Waals surface area (Å²) in [6, 6.07) is 9.59. The molecule has 1 atom stereocenters. The highest BCUT2D eigenvalue weighted by Gasteiger charge is 2.22. The number of hydrogen-bond acceptors (Lipinski definition) is 8. The van der Waals surface area contributed by atoms with Gasteiger partial charge in [-0.3, -0.25) is 9.69 Å². The van der Waals surface area contributed by atoms with Crippen LogP contribution in [0.1, 0.15) is 52.2 Å². The first-order valence-corrected chi connectivity index (χ1v) is 12.9. The van der Waals surface area contributed by atoms with Crippen molar-refractivity contribution < 1.29 is 23.8 Å². The van der Waals surface area contributed by atoms with Gasteiger partial charge in [0.2, 0.25) is 5.88 Å². The van der Waals surface area contributed by atoms with Crippen LogP contribution in [0.15, 0.2) is 47.3 Å². The standard InChI is InChI=1S/C28H34N4O5/c1-35-27-12-22(10-23(31-27)9-19-3-2-4-19)28(34)30-13-24(33)16-32-8-7-20-11-25(6-5-21(20)15-32)36-17-26-14-29-18-37-26/h5-6,10-12,14,18-19,24,33H,2-4,7-9,13,15-17H2,1H3,(H,30,34)/t24-/m0/s1. The van der Waals surface area contributed by atoms with E-state index in [1.54, 1.807) is 19.4 Å².